The lowest BCUT2D eigenvalue weighted by molar-refractivity contribution is -0.139. The Kier molecular flexibility index (Phi) is 6.95. The zero-order valence-electron chi connectivity index (χ0n) is 17.3. The summed E-state index contributed by atoms with van der Waals surface area (Å²) in [6, 6.07) is 13.7. The number of halogens is 1. The number of aliphatic hydroxyl groups is 1. The number of hydrogen-bond donors (Lipinski definition) is 1. The summed E-state index contributed by atoms with van der Waals surface area (Å²) < 4.78 is 5.88. The van der Waals surface area contributed by atoms with Gasteiger partial charge in [0, 0.05) is 12.1 Å². The molecule has 0 aliphatic carbocycles. The van der Waals surface area contributed by atoms with E-state index in [-0.39, 0.29) is 11.3 Å². The van der Waals surface area contributed by atoms with Crippen LogP contribution in [-0.4, -0.2) is 60.9 Å². The van der Waals surface area contributed by atoms with Crippen molar-refractivity contribution in [1.82, 2.24) is 9.80 Å². The summed E-state index contributed by atoms with van der Waals surface area (Å²) in [6.45, 7) is 1.21. The van der Waals surface area contributed by atoms with Crippen LogP contribution in [0.25, 0.3) is 5.76 Å². The van der Waals surface area contributed by atoms with E-state index in [0.717, 1.165) is 18.5 Å². The zero-order valence-corrected chi connectivity index (χ0v) is 18.8. The van der Waals surface area contributed by atoms with Crippen molar-refractivity contribution in [3.8, 4) is 5.75 Å². The average Bonchev–Trinajstić information content (AvgIpc) is 2.98. The average molecular weight is 473 g/mol. The highest BCUT2D eigenvalue weighted by Gasteiger charge is 2.45. The largest absolute Gasteiger partial charge is 0.507 e. The van der Waals surface area contributed by atoms with Gasteiger partial charge in [-0.25, -0.2) is 0 Å². The van der Waals surface area contributed by atoms with Gasteiger partial charge in [0.05, 0.1) is 23.2 Å². The number of ketones is 1. The van der Waals surface area contributed by atoms with Crippen LogP contribution in [0.3, 0.4) is 0 Å². The van der Waals surface area contributed by atoms with E-state index >= 15 is 0 Å². The van der Waals surface area contributed by atoms with Crippen LogP contribution in [0.2, 0.25) is 0 Å². The fraction of sp³-hybridized carbons (Fsp3) is 0.304. The molecule has 1 unspecified atom stereocenters. The predicted octanol–water partition coefficient (Wildman–Crippen LogP) is 3.83. The molecule has 0 radical (unpaired) electrons. The Morgan fingerprint density at radius 3 is 2.47 bits per heavy atom. The number of ether oxygens (including phenoxy) is 1. The number of carbonyl (C=O) groups excluding carboxylic acids is 2. The van der Waals surface area contributed by atoms with Gasteiger partial charge in [-0.1, -0.05) is 30.3 Å². The second-order valence-corrected chi connectivity index (χ2v) is 8.26. The van der Waals surface area contributed by atoms with Crippen molar-refractivity contribution in [2.45, 2.75) is 12.5 Å². The molecule has 30 heavy (non-hydrogen) atoms. The Balaban J connectivity index is 2.08. The van der Waals surface area contributed by atoms with Gasteiger partial charge in [0.15, 0.2) is 0 Å². The molecular weight excluding hydrogens is 448 g/mol. The van der Waals surface area contributed by atoms with Crippen LogP contribution >= 0.6 is 15.9 Å². The maximum atomic E-state index is 13.0. The maximum absolute atomic E-state index is 13.0. The van der Waals surface area contributed by atoms with Crippen LogP contribution < -0.4 is 4.74 Å². The minimum absolute atomic E-state index is 0.105. The number of Topliss-reactive ketones (excluding diaryl/α,β-unsaturated/α-hetero) is 1. The van der Waals surface area contributed by atoms with E-state index in [1.807, 2.05) is 49.3 Å². The lowest BCUT2D eigenvalue weighted by Crippen LogP contribution is -2.32. The summed E-state index contributed by atoms with van der Waals surface area (Å²) in [7, 11) is 5.48. The molecule has 2 aromatic carbocycles. The van der Waals surface area contributed by atoms with Crippen LogP contribution in [0.4, 0.5) is 0 Å². The number of amides is 1. The van der Waals surface area contributed by atoms with Crippen molar-refractivity contribution < 1.29 is 19.4 Å². The van der Waals surface area contributed by atoms with E-state index < -0.39 is 17.7 Å². The lowest BCUT2D eigenvalue weighted by Gasteiger charge is -2.26. The monoisotopic (exact) mass is 472 g/mol. The van der Waals surface area contributed by atoms with E-state index in [1.54, 1.807) is 30.2 Å². The number of rotatable bonds is 7. The van der Waals surface area contributed by atoms with Gasteiger partial charge in [-0.05, 0) is 66.8 Å². The second kappa shape index (κ2) is 9.45. The minimum atomic E-state index is -0.668. The van der Waals surface area contributed by atoms with Gasteiger partial charge in [-0.15, -0.1) is 0 Å². The quantitative estimate of drug-likeness (QED) is 0.376. The maximum Gasteiger partial charge on any atom is 0.295 e. The summed E-state index contributed by atoms with van der Waals surface area (Å²) in [4.78, 5) is 29.4. The van der Waals surface area contributed by atoms with Gasteiger partial charge in [-0.2, -0.15) is 0 Å². The molecule has 7 heteroatoms. The molecule has 0 saturated carbocycles. The SMILES string of the molecule is COc1ccc(/C(O)=C2/C(=O)C(=O)N(CCCN(C)C)C2c2ccccc2)cc1Br. The highest BCUT2D eigenvalue weighted by atomic mass is 79.9. The minimum Gasteiger partial charge on any atom is -0.507 e. The van der Waals surface area contributed by atoms with Gasteiger partial charge in [0.2, 0.25) is 0 Å². The Hall–Kier alpha value is -2.64. The first-order chi connectivity index (χ1) is 14.3. The molecular formula is C23H25BrN2O4. The highest BCUT2D eigenvalue weighted by molar-refractivity contribution is 9.10. The van der Waals surface area contributed by atoms with Gasteiger partial charge in [0.25, 0.3) is 11.7 Å². The van der Waals surface area contributed by atoms with Gasteiger partial charge in [0.1, 0.15) is 11.5 Å². The van der Waals surface area contributed by atoms with Crippen molar-refractivity contribution >= 4 is 33.4 Å². The van der Waals surface area contributed by atoms with Crippen molar-refractivity contribution in [2.75, 3.05) is 34.3 Å². The number of carbonyl (C=O) groups is 2. The van der Waals surface area contributed by atoms with Crippen LogP contribution in [0, 0.1) is 0 Å². The Labute approximate surface area is 184 Å². The summed E-state index contributed by atoms with van der Waals surface area (Å²) in [5.41, 5.74) is 1.33. The zero-order chi connectivity index (χ0) is 21.8. The summed E-state index contributed by atoms with van der Waals surface area (Å²) >= 11 is 3.41. The topological polar surface area (TPSA) is 70.1 Å². The molecule has 1 fully saturated rings. The molecule has 0 spiro atoms. The van der Waals surface area contributed by atoms with Gasteiger partial charge in [-0.3, -0.25) is 9.59 Å². The summed E-state index contributed by atoms with van der Waals surface area (Å²) in [5.74, 6) is -0.842. The number of nitrogens with zero attached hydrogens (tertiary/aromatic N) is 2. The molecule has 1 atom stereocenters. The Morgan fingerprint density at radius 1 is 1.17 bits per heavy atom. The second-order valence-electron chi connectivity index (χ2n) is 7.41. The number of likely N-dealkylation sites (tertiary alicyclic amines) is 1. The standard InChI is InChI=1S/C23H25BrN2O4/c1-25(2)12-7-13-26-20(15-8-5-4-6-9-15)19(22(28)23(26)29)21(27)16-10-11-18(30-3)17(24)14-16/h4-6,8-11,14,20,27H,7,12-13H2,1-3H3/b21-19-. The molecule has 2 aromatic rings. The fourth-order valence-corrected chi connectivity index (χ4v) is 4.16. The third-order valence-electron chi connectivity index (χ3n) is 5.08. The molecule has 1 heterocycles. The van der Waals surface area contributed by atoms with Crippen LogP contribution in [0.15, 0.2) is 58.6 Å². The predicted molar refractivity (Wildman–Crippen MR) is 119 cm³/mol. The number of benzene rings is 2. The molecule has 158 valence electrons. The van der Waals surface area contributed by atoms with Crippen molar-refractivity contribution in [3.63, 3.8) is 0 Å². The third-order valence-corrected chi connectivity index (χ3v) is 5.70. The molecule has 0 aromatic heterocycles. The third kappa shape index (κ3) is 4.42. The molecule has 1 amide bonds. The van der Waals surface area contributed by atoms with Gasteiger partial charge >= 0.3 is 0 Å². The van der Waals surface area contributed by atoms with E-state index in [2.05, 4.69) is 15.9 Å². The van der Waals surface area contributed by atoms with Crippen LogP contribution in [-0.2, 0) is 9.59 Å². The highest BCUT2D eigenvalue weighted by Crippen LogP contribution is 2.40. The Bertz CT molecular complexity index is 972. The first kappa shape index (κ1) is 22.1. The van der Waals surface area contributed by atoms with Crippen molar-refractivity contribution in [2.24, 2.45) is 0 Å². The first-order valence-corrected chi connectivity index (χ1v) is 10.5. The molecule has 6 nitrogen and oxygen atoms in total. The molecule has 1 aliphatic heterocycles. The van der Waals surface area contributed by atoms with E-state index in [4.69, 9.17) is 4.74 Å². The molecule has 0 bridgehead atoms. The van der Waals surface area contributed by atoms with Crippen LogP contribution in [0.5, 0.6) is 5.75 Å². The van der Waals surface area contributed by atoms with Crippen LogP contribution in [0.1, 0.15) is 23.6 Å². The molecule has 3 rings (SSSR count). The summed E-state index contributed by atoms with van der Waals surface area (Å²) in [6.07, 6.45) is 0.720. The number of methoxy groups -OCH3 is 1. The van der Waals surface area contributed by atoms with E-state index in [9.17, 15) is 14.7 Å². The normalized spacial score (nSPS) is 18.3. The molecule has 1 N–H and O–H groups in total. The summed E-state index contributed by atoms with van der Waals surface area (Å²) in [5, 5.41) is 11.1. The first-order valence-electron chi connectivity index (χ1n) is 9.67. The van der Waals surface area contributed by atoms with Crippen molar-refractivity contribution in [1.29, 1.82) is 0 Å². The molecule has 1 aliphatic rings. The number of aliphatic hydroxyl groups excluding tert-OH is 1. The van der Waals surface area contributed by atoms with Crippen molar-refractivity contribution in [3.05, 3.63) is 69.7 Å². The fourth-order valence-electron chi connectivity index (χ4n) is 3.62. The van der Waals surface area contributed by atoms with Gasteiger partial charge < -0.3 is 19.6 Å². The Morgan fingerprint density at radius 2 is 1.87 bits per heavy atom. The van der Waals surface area contributed by atoms with E-state index in [0.29, 0.717) is 22.3 Å². The lowest BCUT2D eigenvalue weighted by atomic mass is 9.95. The number of hydrogen-bond acceptors (Lipinski definition) is 5. The smallest absolute Gasteiger partial charge is 0.295 e. The molecule has 1 saturated heterocycles. The van der Waals surface area contributed by atoms with E-state index in [1.165, 1.54) is 0 Å².